The van der Waals surface area contributed by atoms with Gasteiger partial charge in [-0.2, -0.15) is 0 Å². The third-order valence-corrected chi connectivity index (χ3v) is 5.01. The average molecular weight is 385 g/mol. The van der Waals surface area contributed by atoms with Crippen LogP contribution in [0.15, 0.2) is 54.3 Å². The van der Waals surface area contributed by atoms with E-state index in [0.717, 1.165) is 12.1 Å². The number of ketones is 1. The number of hydrogen-bond acceptors (Lipinski definition) is 3. The minimum absolute atomic E-state index is 0.0777. The van der Waals surface area contributed by atoms with Gasteiger partial charge in [0.25, 0.3) is 5.91 Å². The second-order valence-electron chi connectivity index (χ2n) is 7.20. The van der Waals surface area contributed by atoms with Crippen molar-refractivity contribution in [3.05, 3.63) is 77.1 Å². The maximum Gasteiger partial charge on any atom is 0.261 e. The second-order valence-corrected chi connectivity index (χ2v) is 7.20. The minimum atomic E-state index is -1.24. The molecule has 1 heterocycles. The highest BCUT2D eigenvalue weighted by Crippen LogP contribution is 2.31. The summed E-state index contributed by atoms with van der Waals surface area (Å²) in [6.45, 7) is 4.83. The van der Waals surface area contributed by atoms with Crippen LogP contribution in [0, 0.1) is 11.6 Å². The normalized spacial score (nSPS) is 14.9. The van der Waals surface area contributed by atoms with Gasteiger partial charge in [-0.05, 0) is 38.0 Å². The van der Waals surface area contributed by atoms with E-state index < -0.39 is 17.2 Å². The number of amides is 1. The van der Waals surface area contributed by atoms with Gasteiger partial charge in [0.15, 0.2) is 12.5 Å². The van der Waals surface area contributed by atoms with E-state index in [-0.39, 0.29) is 30.4 Å². The highest BCUT2D eigenvalue weighted by atomic mass is 19.1. The Morgan fingerprint density at radius 1 is 1.14 bits per heavy atom. The van der Waals surface area contributed by atoms with Gasteiger partial charge >= 0.3 is 0 Å². The lowest BCUT2D eigenvalue weighted by atomic mass is 9.90. The summed E-state index contributed by atoms with van der Waals surface area (Å²) in [6.07, 6.45) is -0.258. The monoisotopic (exact) mass is 385 g/mol. The second kappa shape index (κ2) is 7.54. The summed E-state index contributed by atoms with van der Waals surface area (Å²) in [4.78, 5) is 27.4. The zero-order valence-electron chi connectivity index (χ0n) is 16.0. The standard InChI is InChI=1S/C22H21F2NO3/c1-14-20(15-7-5-4-6-8-15)21(27)25(13-28-14)22(2,3)19(26)11-16-9-10-17(23)12-18(16)24/h4-10,12H,11,13H2,1-3H3. The number of Topliss-reactive ketones (excluding diaryl/α,β-unsaturated/α-hetero) is 1. The Labute approximate surface area is 162 Å². The van der Waals surface area contributed by atoms with Crippen molar-refractivity contribution in [1.29, 1.82) is 0 Å². The van der Waals surface area contributed by atoms with Crippen LogP contribution in [-0.2, 0) is 20.7 Å². The van der Waals surface area contributed by atoms with E-state index in [0.29, 0.717) is 16.9 Å². The molecule has 0 N–H and O–H groups in total. The molecule has 1 amide bonds. The lowest BCUT2D eigenvalue weighted by Crippen LogP contribution is -2.56. The Kier molecular flexibility index (Phi) is 5.31. The van der Waals surface area contributed by atoms with Gasteiger partial charge in [0.2, 0.25) is 0 Å². The van der Waals surface area contributed by atoms with Gasteiger partial charge in [-0.15, -0.1) is 0 Å². The summed E-state index contributed by atoms with van der Waals surface area (Å²) < 4.78 is 32.7. The molecule has 4 nitrogen and oxygen atoms in total. The maximum atomic E-state index is 13.9. The Morgan fingerprint density at radius 2 is 1.82 bits per heavy atom. The van der Waals surface area contributed by atoms with Gasteiger partial charge in [-0.3, -0.25) is 14.5 Å². The topological polar surface area (TPSA) is 46.6 Å². The fraction of sp³-hybridized carbons (Fsp3) is 0.273. The number of carbonyl (C=O) groups is 2. The number of hydrogen-bond donors (Lipinski definition) is 0. The predicted molar refractivity (Wildman–Crippen MR) is 101 cm³/mol. The van der Waals surface area contributed by atoms with Crippen molar-refractivity contribution >= 4 is 17.3 Å². The van der Waals surface area contributed by atoms with Gasteiger partial charge in [0, 0.05) is 12.5 Å². The summed E-state index contributed by atoms with van der Waals surface area (Å²) in [7, 11) is 0. The molecule has 1 aliphatic rings. The molecule has 2 aromatic carbocycles. The quantitative estimate of drug-likeness (QED) is 0.778. The van der Waals surface area contributed by atoms with Gasteiger partial charge in [-0.25, -0.2) is 8.78 Å². The number of rotatable bonds is 5. The van der Waals surface area contributed by atoms with Crippen LogP contribution in [0.5, 0.6) is 0 Å². The molecule has 0 aliphatic carbocycles. The van der Waals surface area contributed by atoms with Crippen LogP contribution < -0.4 is 0 Å². The zero-order chi connectivity index (χ0) is 20.5. The highest BCUT2D eigenvalue weighted by molar-refractivity contribution is 6.21. The van der Waals surface area contributed by atoms with E-state index in [9.17, 15) is 18.4 Å². The molecule has 0 saturated heterocycles. The zero-order valence-corrected chi connectivity index (χ0v) is 16.0. The lowest BCUT2D eigenvalue weighted by Gasteiger charge is -2.40. The van der Waals surface area contributed by atoms with Crippen molar-refractivity contribution in [2.24, 2.45) is 0 Å². The maximum absolute atomic E-state index is 13.9. The van der Waals surface area contributed by atoms with E-state index in [1.165, 1.54) is 11.0 Å². The van der Waals surface area contributed by atoms with E-state index >= 15 is 0 Å². The van der Waals surface area contributed by atoms with Crippen LogP contribution in [0.25, 0.3) is 5.57 Å². The predicted octanol–water partition coefficient (Wildman–Crippen LogP) is 4.10. The Hall–Kier alpha value is -3.02. The van der Waals surface area contributed by atoms with Crippen molar-refractivity contribution in [1.82, 2.24) is 4.90 Å². The molecule has 0 spiro atoms. The molecule has 0 fully saturated rings. The third kappa shape index (κ3) is 3.67. The van der Waals surface area contributed by atoms with Crippen molar-refractivity contribution < 1.29 is 23.1 Å². The van der Waals surface area contributed by atoms with Crippen LogP contribution in [0.3, 0.4) is 0 Å². The van der Waals surface area contributed by atoms with Crippen LogP contribution in [0.4, 0.5) is 8.78 Å². The molecule has 0 radical (unpaired) electrons. The molecule has 0 unspecified atom stereocenters. The Balaban J connectivity index is 1.87. The smallest absolute Gasteiger partial charge is 0.261 e. The van der Waals surface area contributed by atoms with Crippen molar-refractivity contribution in [3.8, 4) is 0 Å². The molecule has 1 aliphatic heterocycles. The molecule has 6 heteroatoms. The van der Waals surface area contributed by atoms with Gasteiger partial charge in [-0.1, -0.05) is 36.4 Å². The molecule has 0 bridgehead atoms. The number of ether oxygens (including phenoxy) is 1. The Morgan fingerprint density at radius 3 is 2.46 bits per heavy atom. The van der Waals surface area contributed by atoms with Gasteiger partial charge < -0.3 is 4.74 Å². The molecular formula is C22H21F2NO3. The van der Waals surface area contributed by atoms with Crippen molar-refractivity contribution in [3.63, 3.8) is 0 Å². The van der Waals surface area contributed by atoms with E-state index in [2.05, 4.69) is 0 Å². The highest BCUT2D eigenvalue weighted by Gasteiger charge is 2.41. The fourth-order valence-electron chi connectivity index (χ4n) is 3.13. The van der Waals surface area contributed by atoms with Crippen LogP contribution >= 0.6 is 0 Å². The molecule has 146 valence electrons. The van der Waals surface area contributed by atoms with Crippen LogP contribution in [0.1, 0.15) is 31.9 Å². The molecule has 28 heavy (non-hydrogen) atoms. The first-order chi connectivity index (χ1) is 13.2. The van der Waals surface area contributed by atoms with Gasteiger partial charge in [0.1, 0.15) is 17.4 Å². The summed E-state index contributed by atoms with van der Waals surface area (Å²) in [5.74, 6) is -1.71. The first kappa shape index (κ1) is 19.7. The molecule has 3 rings (SSSR count). The summed E-state index contributed by atoms with van der Waals surface area (Å²) in [5, 5.41) is 0. The SMILES string of the molecule is CC1=C(c2ccccc2)C(=O)N(C(C)(C)C(=O)Cc2ccc(F)cc2F)CO1. The average Bonchev–Trinajstić information content (AvgIpc) is 2.64. The summed E-state index contributed by atoms with van der Waals surface area (Å²) >= 11 is 0. The number of halogens is 2. The summed E-state index contributed by atoms with van der Waals surface area (Å²) in [5.41, 5.74) is -0.0679. The van der Waals surface area contributed by atoms with Gasteiger partial charge in [0.05, 0.1) is 11.1 Å². The first-order valence-corrected chi connectivity index (χ1v) is 8.90. The third-order valence-electron chi connectivity index (χ3n) is 5.01. The number of nitrogens with zero attached hydrogens (tertiary/aromatic N) is 1. The van der Waals surface area contributed by atoms with E-state index in [1.807, 2.05) is 18.2 Å². The van der Waals surface area contributed by atoms with Crippen molar-refractivity contribution in [2.45, 2.75) is 32.7 Å². The van der Waals surface area contributed by atoms with Crippen molar-refractivity contribution in [2.75, 3.05) is 6.73 Å². The van der Waals surface area contributed by atoms with E-state index in [4.69, 9.17) is 4.74 Å². The molecule has 2 aromatic rings. The van der Waals surface area contributed by atoms with E-state index in [1.54, 1.807) is 32.9 Å². The molecular weight excluding hydrogens is 364 g/mol. The summed E-state index contributed by atoms with van der Waals surface area (Å²) in [6, 6.07) is 12.2. The lowest BCUT2D eigenvalue weighted by molar-refractivity contribution is -0.148. The number of carbonyl (C=O) groups excluding carboxylic acids is 2. The fourth-order valence-corrected chi connectivity index (χ4v) is 3.13. The number of allylic oxidation sites excluding steroid dienone is 1. The number of benzene rings is 2. The van der Waals surface area contributed by atoms with Crippen LogP contribution in [-0.4, -0.2) is 28.9 Å². The molecule has 0 aromatic heterocycles. The Bertz CT molecular complexity index is 952. The van der Waals surface area contributed by atoms with Crippen LogP contribution in [0.2, 0.25) is 0 Å². The first-order valence-electron chi connectivity index (χ1n) is 8.90. The molecule has 0 atom stereocenters. The molecule has 0 saturated carbocycles. The minimum Gasteiger partial charge on any atom is -0.477 e. The largest absolute Gasteiger partial charge is 0.477 e.